The molecule has 1 aliphatic heterocycles. The lowest BCUT2D eigenvalue weighted by molar-refractivity contribution is -0.124. The number of hydrogen-bond acceptors (Lipinski definition) is 2. The quantitative estimate of drug-likeness (QED) is 0.794. The van der Waals surface area contributed by atoms with Crippen molar-refractivity contribution >= 4 is 11.9 Å². The van der Waals surface area contributed by atoms with Crippen LogP contribution in [0.15, 0.2) is 24.3 Å². The Morgan fingerprint density at radius 2 is 1.95 bits per heavy atom. The van der Waals surface area contributed by atoms with Crippen LogP contribution in [0.3, 0.4) is 0 Å². The summed E-state index contributed by atoms with van der Waals surface area (Å²) in [6, 6.07) is 4.88. The van der Waals surface area contributed by atoms with Crippen LogP contribution in [0.1, 0.15) is 32.4 Å². The van der Waals surface area contributed by atoms with Gasteiger partial charge in [-0.3, -0.25) is 4.79 Å². The molecular formula is C15H20FN3O2. The second-order valence-corrected chi connectivity index (χ2v) is 6.27. The van der Waals surface area contributed by atoms with Crippen LogP contribution in [0.4, 0.5) is 9.18 Å². The molecule has 0 radical (unpaired) electrons. The van der Waals surface area contributed by atoms with E-state index >= 15 is 0 Å². The van der Waals surface area contributed by atoms with E-state index in [9.17, 15) is 14.0 Å². The number of hydrogen-bond donors (Lipinski definition) is 3. The first-order valence-electron chi connectivity index (χ1n) is 6.87. The van der Waals surface area contributed by atoms with Crippen LogP contribution in [0.2, 0.25) is 0 Å². The third kappa shape index (κ3) is 3.71. The molecule has 5 nitrogen and oxygen atoms in total. The Morgan fingerprint density at radius 1 is 1.33 bits per heavy atom. The van der Waals surface area contributed by atoms with E-state index in [-0.39, 0.29) is 35.8 Å². The zero-order valence-electron chi connectivity index (χ0n) is 12.4. The molecule has 0 aliphatic carbocycles. The van der Waals surface area contributed by atoms with Crippen molar-refractivity contribution in [2.45, 2.75) is 32.9 Å². The molecule has 0 saturated carbocycles. The predicted molar refractivity (Wildman–Crippen MR) is 77.1 cm³/mol. The molecule has 1 aromatic carbocycles. The Balaban J connectivity index is 2.15. The van der Waals surface area contributed by atoms with E-state index in [1.54, 1.807) is 12.1 Å². The average molecular weight is 293 g/mol. The number of nitrogens with one attached hydrogen (secondary N) is 3. The molecule has 0 aromatic heterocycles. The summed E-state index contributed by atoms with van der Waals surface area (Å²) in [6.07, 6.45) is 0. The molecule has 6 heteroatoms. The van der Waals surface area contributed by atoms with Crippen molar-refractivity contribution in [3.63, 3.8) is 0 Å². The summed E-state index contributed by atoms with van der Waals surface area (Å²) in [4.78, 5) is 23.4. The summed E-state index contributed by atoms with van der Waals surface area (Å²) in [5.74, 6) is -0.567. The molecule has 0 bridgehead atoms. The van der Waals surface area contributed by atoms with Crippen molar-refractivity contribution in [1.29, 1.82) is 0 Å². The Morgan fingerprint density at radius 3 is 2.43 bits per heavy atom. The monoisotopic (exact) mass is 293 g/mol. The highest BCUT2D eigenvalue weighted by atomic mass is 19.1. The molecule has 0 unspecified atom stereocenters. The van der Waals surface area contributed by atoms with Gasteiger partial charge in [0.15, 0.2) is 0 Å². The summed E-state index contributed by atoms with van der Waals surface area (Å²) in [5, 5.41) is 8.04. The Labute approximate surface area is 123 Å². The van der Waals surface area contributed by atoms with E-state index in [1.807, 2.05) is 20.8 Å². The standard InChI is InChI=1S/C15H20FN3O2/c1-15(2,3)12(9-4-6-10(16)7-5-9)19-13(20)11-8-17-14(21)18-11/h4-7,11-12H,8H2,1-3H3,(H,19,20)(H2,17,18,21)/t11-,12-/m0/s1. The molecule has 1 aliphatic rings. The van der Waals surface area contributed by atoms with Gasteiger partial charge in [0.05, 0.1) is 6.04 Å². The fraction of sp³-hybridized carbons (Fsp3) is 0.467. The molecule has 1 heterocycles. The minimum atomic E-state index is -0.581. The van der Waals surface area contributed by atoms with Crippen LogP contribution in [0.25, 0.3) is 0 Å². The largest absolute Gasteiger partial charge is 0.347 e. The van der Waals surface area contributed by atoms with Gasteiger partial charge in [-0.05, 0) is 23.1 Å². The van der Waals surface area contributed by atoms with E-state index in [0.717, 1.165) is 5.56 Å². The molecule has 2 rings (SSSR count). The first-order chi connectivity index (χ1) is 9.77. The van der Waals surface area contributed by atoms with Gasteiger partial charge in [0.25, 0.3) is 0 Å². The van der Waals surface area contributed by atoms with E-state index in [2.05, 4.69) is 16.0 Å². The van der Waals surface area contributed by atoms with Crippen molar-refractivity contribution < 1.29 is 14.0 Å². The summed E-state index contributed by atoms with van der Waals surface area (Å²) in [7, 11) is 0. The van der Waals surface area contributed by atoms with Crippen LogP contribution in [0.5, 0.6) is 0 Å². The summed E-state index contributed by atoms with van der Waals surface area (Å²) in [5.41, 5.74) is 0.582. The second-order valence-electron chi connectivity index (χ2n) is 6.27. The van der Waals surface area contributed by atoms with Gasteiger partial charge < -0.3 is 16.0 Å². The lowest BCUT2D eigenvalue weighted by atomic mass is 9.82. The number of halogens is 1. The maximum Gasteiger partial charge on any atom is 0.315 e. The number of urea groups is 1. The lowest BCUT2D eigenvalue weighted by Crippen LogP contribution is -2.47. The highest BCUT2D eigenvalue weighted by molar-refractivity contribution is 5.90. The summed E-state index contributed by atoms with van der Waals surface area (Å²) < 4.78 is 13.1. The molecule has 114 valence electrons. The summed E-state index contributed by atoms with van der Waals surface area (Å²) >= 11 is 0. The van der Waals surface area contributed by atoms with Gasteiger partial charge in [-0.25, -0.2) is 9.18 Å². The van der Waals surface area contributed by atoms with Gasteiger partial charge in [0, 0.05) is 6.54 Å². The van der Waals surface area contributed by atoms with Gasteiger partial charge in [-0.15, -0.1) is 0 Å². The number of benzene rings is 1. The molecule has 3 amide bonds. The van der Waals surface area contributed by atoms with Crippen molar-refractivity contribution in [3.05, 3.63) is 35.6 Å². The number of carbonyl (C=O) groups excluding carboxylic acids is 2. The average Bonchev–Trinajstić information content (AvgIpc) is 2.82. The Bertz CT molecular complexity index is 537. The fourth-order valence-corrected chi connectivity index (χ4v) is 2.31. The molecule has 1 fully saturated rings. The third-order valence-electron chi connectivity index (χ3n) is 3.44. The van der Waals surface area contributed by atoms with Crippen molar-refractivity contribution in [2.24, 2.45) is 5.41 Å². The molecule has 1 aromatic rings. The Kier molecular flexibility index (Phi) is 4.16. The summed E-state index contributed by atoms with van der Waals surface area (Å²) in [6.45, 7) is 6.25. The van der Waals surface area contributed by atoms with Crippen LogP contribution in [-0.4, -0.2) is 24.5 Å². The van der Waals surface area contributed by atoms with Crippen molar-refractivity contribution in [3.8, 4) is 0 Å². The van der Waals surface area contributed by atoms with Crippen LogP contribution in [-0.2, 0) is 4.79 Å². The smallest absolute Gasteiger partial charge is 0.315 e. The maximum absolute atomic E-state index is 13.1. The molecular weight excluding hydrogens is 273 g/mol. The fourth-order valence-electron chi connectivity index (χ4n) is 2.31. The number of carbonyl (C=O) groups is 2. The minimum absolute atomic E-state index is 0.246. The third-order valence-corrected chi connectivity index (χ3v) is 3.44. The topological polar surface area (TPSA) is 70.2 Å². The van der Waals surface area contributed by atoms with Crippen LogP contribution >= 0.6 is 0 Å². The molecule has 21 heavy (non-hydrogen) atoms. The second kappa shape index (κ2) is 5.71. The molecule has 2 atom stereocenters. The van der Waals surface area contributed by atoms with Gasteiger partial charge >= 0.3 is 6.03 Å². The van der Waals surface area contributed by atoms with Gasteiger partial charge in [0.2, 0.25) is 5.91 Å². The van der Waals surface area contributed by atoms with Crippen molar-refractivity contribution in [1.82, 2.24) is 16.0 Å². The predicted octanol–water partition coefficient (Wildman–Crippen LogP) is 1.71. The van der Waals surface area contributed by atoms with Crippen LogP contribution < -0.4 is 16.0 Å². The Hall–Kier alpha value is -2.11. The normalized spacial score (nSPS) is 19.6. The minimum Gasteiger partial charge on any atom is -0.347 e. The van der Waals surface area contributed by atoms with Gasteiger partial charge in [-0.2, -0.15) is 0 Å². The van der Waals surface area contributed by atoms with Crippen molar-refractivity contribution in [2.75, 3.05) is 6.54 Å². The lowest BCUT2D eigenvalue weighted by Gasteiger charge is -2.32. The highest BCUT2D eigenvalue weighted by Gasteiger charge is 2.32. The highest BCUT2D eigenvalue weighted by Crippen LogP contribution is 2.32. The molecule has 1 saturated heterocycles. The van der Waals surface area contributed by atoms with Gasteiger partial charge in [0.1, 0.15) is 11.9 Å². The van der Waals surface area contributed by atoms with E-state index in [1.165, 1.54) is 12.1 Å². The zero-order valence-corrected chi connectivity index (χ0v) is 12.4. The van der Waals surface area contributed by atoms with E-state index in [4.69, 9.17) is 0 Å². The van der Waals surface area contributed by atoms with E-state index in [0.29, 0.717) is 0 Å². The maximum atomic E-state index is 13.1. The first-order valence-corrected chi connectivity index (χ1v) is 6.87. The molecule has 0 spiro atoms. The first kappa shape index (κ1) is 15.3. The van der Waals surface area contributed by atoms with Gasteiger partial charge in [-0.1, -0.05) is 32.9 Å². The zero-order chi connectivity index (χ0) is 15.6. The number of amides is 3. The van der Waals surface area contributed by atoms with Crippen LogP contribution in [0, 0.1) is 11.2 Å². The number of rotatable bonds is 3. The molecule has 3 N–H and O–H groups in total. The SMILES string of the molecule is CC(C)(C)[C@@H](NC(=O)[C@@H]1CNC(=O)N1)c1ccc(F)cc1. The van der Waals surface area contributed by atoms with E-state index < -0.39 is 6.04 Å².